The van der Waals surface area contributed by atoms with Gasteiger partial charge in [0, 0.05) is 25.5 Å². The maximum Gasteiger partial charge on any atom is 0.177 e. The van der Waals surface area contributed by atoms with Gasteiger partial charge in [-0.1, -0.05) is 0 Å². The van der Waals surface area contributed by atoms with Gasteiger partial charge in [0.1, 0.15) is 0 Å². The van der Waals surface area contributed by atoms with Gasteiger partial charge in [-0.05, 0) is 6.07 Å². The van der Waals surface area contributed by atoms with Crippen molar-refractivity contribution in [3.05, 3.63) is 24.7 Å². The van der Waals surface area contributed by atoms with E-state index in [4.69, 9.17) is 4.74 Å². The van der Waals surface area contributed by atoms with Gasteiger partial charge in [0.05, 0.1) is 25.1 Å². The lowest BCUT2D eigenvalue weighted by Crippen LogP contribution is -2.36. The molecule has 0 saturated carbocycles. The number of anilines is 1. The van der Waals surface area contributed by atoms with Gasteiger partial charge in [-0.25, -0.2) is 9.50 Å². The number of hydrogen-bond donors (Lipinski definition) is 0. The van der Waals surface area contributed by atoms with E-state index in [1.54, 1.807) is 16.9 Å². The van der Waals surface area contributed by atoms with Crippen LogP contribution in [0.2, 0.25) is 0 Å². The number of rotatable bonds is 1. The molecule has 2 aromatic rings. The van der Waals surface area contributed by atoms with Crippen LogP contribution in [0.4, 0.5) is 5.69 Å². The molecular formula is C10H12N4O. The Kier molecular flexibility index (Phi) is 2.03. The predicted octanol–water partition coefficient (Wildman–Crippen LogP) is 0.566. The van der Waals surface area contributed by atoms with E-state index < -0.39 is 0 Å². The van der Waals surface area contributed by atoms with Gasteiger partial charge in [-0.15, -0.1) is 0 Å². The minimum atomic E-state index is 0.787. The standard InChI is InChI=1S/C10H12N4O/c1-2-12-14-4-3-11-10(14)9(1)13-5-7-15-8-6-13/h1-4H,5-8H2. The molecule has 0 radical (unpaired) electrons. The second-order valence-corrected chi connectivity index (χ2v) is 3.51. The lowest BCUT2D eigenvalue weighted by Gasteiger charge is -2.28. The molecule has 0 spiro atoms. The van der Waals surface area contributed by atoms with Crippen LogP contribution in [0, 0.1) is 0 Å². The molecule has 0 N–H and O–H groups in total. The van der Waals surface area contributed by atoms with Gasteiger partial charge in [0.2, 0.25) is 0 Å². The van der Waals surface area contributed by atoms with Crippen LogP contribution in [0.5, 0.6) is 0 Å². The molecule has 0 bridgehead atoms. The fraction of sp³-hybridized carbons (Fsp3) is 0.400. The molecule has 5 nitrogen and oxygen atoms in total. The van der Waals surface area contributed by atoms with Crippen molar-refractivity contribution >= 4 is 11.3 Å². The Morgan fingerprint density at radius 2 is 2.07 bits per heavy atom. The van der Waals surface area contributed by atoms with E-state index in [9.17, 15) is 0 Å². The van der Waals surface area contributed by atoms with Gasteiger partial charge in [0.25, 0.3) is 0 Å². The molecule has 0 atom stereocenters. The lowest BCUT2D eigenvalue weighted by atomic mass is 10.3. The van der Waals surface area contributed by atoms with E-state index in [-0.39, 0.29) is 0 Å². The van der Waals surface area contributed by atoms with E-state index in [2.05, 4.69) is 15.0 Å². The summed E-state index contributed by atoms with van der Waals surface area (Å²) in [5.41, 5.74) is 2.05. The highest BCUT2D eigenvalue weighted by atomic mass is 16.5. The Bertz CT molecular complexity index is 461. The molecule has 5 heteroatoms. The number of morpholine rings is 1. The molecule has 0 amide bonds. The van der Waals surface area contributed by atoms with Crippen LogP contribution in [-0.2, 0) is 4.74 Å². The topological polar surface area (TPSA) is 42.7 Å². The Balaban J connectivity index is 2.05. The number of hydrogen-bond acceptors (Lipinski definition) is 4. The van der Waals surface area contributed by atoms with Crippen LogP contribution >= 0.6 is 0 Å². The fourth-order valence-electron chi connectivity index (χ4n) is 1.87. The summed E-state index contributed by atoms with van der Waals surface area (Å²) in [4.78, 5) is 6.60. The maximum atomic E-state index is 5.33. The van der Waals surface area contributed by atoms with E-state index in [0.717, 1.165) is 37.6 Å². The first-order valence-electron chi connectivity index (χ1n) is 5.06. The summed E-state index contributed by atoms with van der Waals surface area (Å²) in [6.45, 7) is 3.42. The Labute approximate surface area is 87.3 Å². The van der Waals surface area contributed by atoms with Crippen LogP contribution in [0.3, 0.4) is 0 Å². The van der Waals surface area contributed by atoms with E-state index in [1.165, 1.54) is 0 Å². The Morgan fingerprint density at radius 1 is 1.20 bits per heavy atom. The second-order valence-electron chi connectivity index (χ2n) is 3.51. The quantitative estimate of drug-likeness (QED) is 0.681. The fourth-order valence-corrected chi connectivity index (χ4v) is 1.87. The highest BCUT2D eigenvalue weighted by Crippen LogP contribution is 2.19. The summed E-state index contributed by atoms with van der Waals surface area (Å²) in [5.74, 6) is 0. The molecular weight excluding hydrogens is 192 g/mol. The molecule has 78 valence electrons. The molecule has 0 aromatic carbocycles. The van der Waals surface area contributed by atoms with Gasteiger partial charge in [-0.2, -0.15) is 5.10 Å². The normalized spacial score (nSPS) is 17.2. The molecule has 0 unspecified atom stereocenters. The Morgan fingerprint density at radius 3 is 2.93 bits per heavy atom. The third-order valence-corrected chi connectivity index (χ3v) is 2.63. The lowest BCUT2D eigenvalue weighted by molar-refractivity contribution is 0.123. The zero-order chi connectivity index (χ0) is 10.1. The Hall–Kier alpha value is -1.62. The molecule has 3 heterocycles. The average Bonchev–Trinajstić information content (AvgIpc) is 2.78. The van der Waals surface area contributed by atoms with Gasteiger partial charge in [0.15, 0.2) is 5.65 Å². The van der Waals surface area contributed by atoms with Crippen LogP contribution in [-0.4, -0.2) is 40.9 Å². The van der Waals surface area contributed by atoms with Crippen molar-refractivity contribution in [1.82, 2.24) is 14.6 Å². The third kappa shape index (κ3) is 1.45. The van der Waals surface area contributed by atoms with Crippen molar-refractivity contribution < 1.29 is 4.74 Å². The van der Waals surface area contributed by atoms with Crippen LogP contribution in [0.15, 0.2) is 24.7 Å². The molecule has 15 heavy (non-hydrogen) atoms. The largest absolute Gasteiger partial charge is 0.378 e. The summed E-state index contributed by atoms with van der Waals surface area (Å²) < 4.78 is 7.13. The molecule has 1 aliphatic rings. The number of aromatic nitrogens is 3. The summed E-state index contributed by atoms with van der Waals surface area (Å²) >= 11 is 0. The van der Waals surface area contributed by atoms with E-state index >= 15 is 0 Å². The average molecular weight is 204 g/mol. The number of fused-ring (bicyclic) bond motifs is 1. The molecule has 0 aliphatic carbocycles. The summed E-state index contributed by atoms with van der Waals surface area (Å²) in [7, 11) is 0. The molecule has 1 fully saturated rings. The van der Waals surface area contributed by atoms with Crippen molar-refractivity contribution in [3.63, 3.8) is 0 Å². The SMILES string of the molecule is c1cn2nccc(N3CCOCC3)c2n1. The van der Waals surface area contributed by atoms with E-state index in [0.29, 0.717) is 0 Å². The summed E-state index contributed by atoms with van der Waals surface area (Å²) in [6.07, 6.45) is 5.44. The number of ether oxygens (including phenoxy) is 1. The second kappa shape index (κ2) is 3.51. The van der Waals surface area contributed by atoms with Crippen molar-refractivity contribution in [2.24, 2.45) is 0 Å². The minimum absolute atomic E-state index is 0.787. The van der Waals surface area contributed by atoms with E-state index in [1.807, 2.05) is 12.3 Å². The molecule has 2 aromatic heterocycles. The van der Waals surface area contributed by atoms with Crippen molar-refractivity contribution in [1.29, 1.82) is 0 Å². The highest BCUT2D eigenvalue weighted by molar-refractivity contribution is 5.68. The maximum absolute atomic E-state index is 5.33. The number of imidazole rings is 1. The van der Waals surface area contributed by atoms with Crippen molar-refractivity contribution in [2.75, 3.05) is 31.2 Å². The van der Waals surface area contributed by atoms with Crippen molar-refractivity contribution in [2.45, 2.75) is 0 Å². The minimum Gasteiger partial charge on any atom is -0.378 e. The molecule has 1 saturated heterocycles. The van der Waals surface area contributed by atoms with Crippen LogP contribution in [0.1, 0.15) is 0 Å². The first-order valence-corrected chi connectivity index (χ1v) is 5.06. The highest BCUT2D eigenvalue weighted by Gasteiger charge is 2.14. The summed E-state index contributed by atoms with van der Waals surface area (Å²) in [5, 5.41) is 4.19. The van der Waals surface area contributed by atoms with Gasteiger partial charge >= 0.3 is 0 Å². The molecule has 1 aliphatic heterocycles. The first kappa shape index (κ1) is 8.67. The number of nitrogens with zero attached hydrogens (tertiary/aromatic N) is 4. The van der Waals surface area contributed by atoms with Crippen LogP contribution in [0.25, 0.3) is 5.65 Å². The smallest absolute Gasteiger partial charge is 0.177 e. The summed E-state index contributed by atoms with van der Waals surface area (Å²) in [6, 6.07) is 2.01. The van der Waals surface area contributed by atoms with Crippen LogP contribution < -0.4 is 4.90 Å². The van der Waals surface area contributed by atoms with Gasteiger partial charge in [-0.3, -0.25) is 0 Å². The zero-order valence-corrected chi connectivity index (χ0v) is 8.33. The molecule has 3 rings (SSSR count). The van der Waals surface area contributed by atoms with Gasteiger partial charge < -0.3 is 9.64 Å². The first-order chi connectivity index (χ1) is 7.45. The van der Waals surface area contributed by atoms with Crippen molar-refractivity contribution in [3.8, 4) is 0 Å². The predicted molar refractivity (Wildman–Crippen MR) is 56.0 cm³/mol. The third-order valence-electron chi connectivity index (χ3n) is 2.63. The zero-order valence-electron chi connectivity index (χ0n) is 8.33. The monoisotopic (exact) mass is 204 g/mol.